The van der Waals surface area contributed by atoms with Gasteiger partial charge in [-0.3, -0.25) is 4.79 Å². The Kier molecular flexibility index (Phi) is 6.46. The monoisotopic (exact) mass is 392 g/mol. The van der Waals surface area contributed by atoms with E-state index in [4.69, 9.17) is 14.2 Å². The lowest BCUT2D eigenvalue weighted by atomic mass is 10.2. The molecular formula is C18H24N4O4S. The van der Waals surface area contributed by atoms with Crippen molar-refractivity contribution in [3.63, 3.8) is 0 Å². The highest BCUT2D eigenvalue weighted by Gasteiger charge is 2.26. The number of anilines is 2. The first-order valence-corrected chi connectivity index (χ1v) is 9.62. The first-order chi connectivity index (χ1) is 13.1. The van der Waals surface area contributed by atoms with E-state index in [1.54, 1.807) is 7.11 Å². The number of nitrogens with one attached hydrogen (secondary N) is 1. The lowest BCUT2D eigenvalue weighted by Crippen LogP contribution is -2.37. The zero-order valence-corrected chi connectivity index (χ0v) is 16.5. The molecule has 0 unspecified atom stereocenters. The molecule has 0 saturated carbocycles. The lowest BCUT2D eigenvalue weighted by molar-refractivity contribution is -0.122. The van der Waals surface area contributed by atoms with E-state index < -0.39 is 6.10 Å². The van der Waals surface area contributed by atoms with Crippen LogP contribution in [0, 0.1) is 6.92 Å². The summed E-state index contributed by atoms with van der Waals surface area (Å²) in [7, 11) is 1.57. The molecule has 9 heteroatoms. The first-order valence-electron chi connectivity index (χ1n) is 8.89. The summed E-state index contributed by atoms with van der Waals surface area (Å²) in [6.07, 6.45) is -0.182. The topological polar surface area (TPSA) is 85.8 Å². The van der Waals surface area contributed by atoms with Gasteiger partial charge in [0.25, 0.3) is 11.8 Å². The maximum Gasteiger partial charge on any atom is 0.271 e. The predicted octanol–water partition coefficient (Wildman–Crippen LogP) is 2.49. The third-order valence-corrected chi connectivity index (χ3v) is 4.78. The molecule has 0 bridgehead atoms. The Morgan fingerprint density at radius 1 is 1.37 bits per heavy atom. The van der Waals surface area contributed by atoms with Gasteiger partial charge in [0.05, 0.1) is 37.7 Å². The molecule has 1 aromatic carbocycles. The largest absolute Gasteiger partial charge is 0.495 e. The Hall–Kier alpha value is -2.39. The normalized spacial score (nSPS) is 15.3. The van der Waals surface area contributed by atoms with Crippen molar-refractivity contribution >= 4 is 29.1 Å². The lowest BCUT2D eigenvalue weighted by Gasteiger charge is -2.27. The van der Waals surface area contributed by atoms with Crippen LogP contribution >= 0.6 is 11.7 Å². The van der Waals surface area contributed by atoms with Crippen molar-refractivity contribution in [1.29, 1.82) is 0 Å². The molecule has 3 rings (SSSR count). The number of ether oxygens (including phenoxy) is 3. The molecular weight excluding hydrogens is 368 g/mol. The van der Waals surface area contributed by atoms with Crippen LogP contribution in [0.3, 0.4) is 0 Å². The second-order valence-electron chi connectivity index (χ2n) is 6.20. The number of amides is 1. The molecule has 1 saturated heterocycles. The van der Waals surface area contributed by atoms with Crippen LogP contribution in [0.25, 0.3) is 0 Å². The summed E-state index contributed by atoms with van der Waals surface area (Å²) in [4.78, 5) is 14.8. The fourth-order valence-corrected chi connectivity index (χ4v) is 3.32. The molecule has 1 aliphatic heterocycles. The number of hydrogen-bond acceptors (Lipinski definition) is 8. The third kappa shape index (κ3) is 4.67. The molecule has 0 radical (unpaired) electrons. The molecule has 1 N–H and O–H groups in total. The number of aryl methyl sites for hydroxylation is 1. The zero-order chi connectivity index (χ0) is 19.2. The van der Waals surface area contributed by atoms with E-state index in [9.17, 15) is 4.79 Å². The maximum atomic E-state index is 12.8. The van der Waals surface area contributed by atoms with E-state index in [0.29, 0.717) is 42.8 Å². The Morgan fingerprint density at radius 2 is 2.15 bits per heavy atom. The second-order valence-corrected chi connectivity index (χ2v) is 6.73. The van der Waals surface area contributed by atoms with Crippen LogP contribution < -0.4 is 19.7 Å². The molecule has 2 heterocycles. The molecule has 0 spiro atoms. The molecule has 1 aliphatic rings. The smallest absolute Gasteiger partial charge is 0.271 e. The van der Waals surface area contributed by atoms with Crippen molar-refractivity contribution in [3.05, 3.63) is 23.8 Å². The van der Waals surface area contributed by atoms with Crippen molar-refractivity contribution in [1.82, 2.24) is 8.75 Å². The number of hydrogen-bond donors (Lipinski definition) is 1. The van der Waals surface area contributed by atoms with Gasteiger partial charge < -0.3 is 24.4 Å². The van der Waals surface area contributed by atoms with Gasteiger partial charge in [-0.1, -0.05) is 13.0 Å². The highest BCUT2D eigenvalue weighted by atomic mass is 32.1. The number of carbonyl (C=O) groups is 1. The van der Waals surface area contributed by atoms with Gasteiger partial charge >= 0.3 is 0 Å². The van der Waals surface area contributed by atoms with Gasteiger partial charge in [-0.25, -0.2) is 0 Å². The highest BCUT2D eigenvalue weighted by Crippen LogP contribution is 2.29. The molecule has 1 atom stereocenters. The summed E-state index contributed by atoms with van der Waals surface area (Å²) in [5, 5.41) is 2.90. The van der Waals surface area contributed by atoms with Gasteiger partial charge in [-0.15, -0.1) is 4.37 Å². The number of rotatable bonds is 7. The van der Waals surface area contributed by atoms with Gasteiger partial charge in [-0.05, 0) is 31.0 Å². The van der Waals surface area contributed by atoms with Gasteiger partial charge in [0, 0.05) is 13.1 Å². The van der Waals surface area contributed by atoms with Gasteiger partial charge in [0.15, 0.2) is 6.10 Å². The average Bonchev–Trinajstić information content (AvgIpc) is 3.15. The fraction of sp³-hybridized carbons (Fsp3) is 0.500. The summed E-state index contributed by atoms with van der Waals surface area (Å²) in [6.45, 7) is 6.59. The molecule has 1 aromatic heterocycles. The number of methoxy groups -OCH3 is 1. The van der Waals surface area contributed by atoms with E-state index in [-0.39, 0.29) is 5.91 Å². The second kappa shape index (κ2) is 9.01. The van der Waals surface area contributed by atoms with E-state index >= 15 is 0 Å². The van der Waals surface area contributed by atoms with Crippen LogP contribution in [-0.2, 0) is 9.53 Å². The van der Waals surface area contributed by atoms with E-state index in [2.05, 4.69) is 19.0 Å². The van der Waals surface area contributed by atoms with Crippen molar-refractivity contribution in [2.24, 2.45) is 0 Å². The first kappa shape index (κ1) is 19.4. The number of carbonyl (C=O) groups excluding carboxylic acids is 1. The van der Waals surface area contributed by atoms with Gasteiger partial charge in [0.1, 0.15) is 5.75 Å². The standard InChI is InChI=1S/C18H24N4O4S/c1-4-14(17(23)19-13-11-12(2)5-6-15(13)24-3)26-18-16(20-27-21-18)22-7-9-25-10-8-22/h5-6,11,14H,4,7-10H2,1-3H3,(H,19,23)/t14-/m0/s1. The van der Waals surface area contributed by atoms with Crippen molar-refractivity contribution < 1.29 is 19.0 Å². The number of morpholine rings is 1. The highest BCUT2D eigenvalue weighted by molar-refractivity contribution is 6.99. The van der Waals surface area contributed by atoms with E-state index in [0.717, 1.165) is 30.4 Å². The quantitative estimate of drug-likeness (QED) is 0.775. The summed E-state index contributed by atoms with van der Waals surface area (Å²) in [6, 6.07) is 5.62. The fourth-order valence-electron chi connectivity index (χ4n) is 2.81. The van der Waals surface area contributed by atoms with Crippen LogP contribution in [0.5, 0.6) is 11.6 Å². The minimum Gasteiger partial charge on any atom is -0.495 e. The van der Waals surface area contributed by atoms with Crippen LogP contribution in [0.4, 0.5) is 11.5 Å². The molecule has 8 nitrogen and oxygen atoms in total. The van der Waals surface area contributed by atoms with Crippen molar-refractivity contribution in [2.45, 2.75) is 26.4 Å². The molecule has 27 heavy (non-hydrogen) atoms. The minimum atomic E-state index is -0.682. The summed E-state index contributed by atoms with van der Waals surface area (Å²) in [5.74, 6) is 1.42. The number of benzene rings is 1. The molecule has 1 fully saturated rings. The minimum absolute atomic E-state index is 0.248. The summed E-state index contributed by atoms with van der Waals surface area (Å²) in [5.41, 5.74) is 1.65. The molecule has 1 amide bonds. The Labute approximate surface area is 162 Å². The predicted molar refractivity (Wildman–Crippen MR) is 104 cm³/mol. The molecule has 146 valence electrons. The SMILES string of the molecule is CC[C@H](Oc1nsnc1N1CCOCC1)C(=O)Nc1cc(C)ccc1OC. The van der Waals surface area contributed by atoms with Crippen molar-refractivity contribution in [3.8, 4) is 11.6 Å². The van der Waals surface area contributed by atoms with Gasteiger partial charge in [-0.2, -0.15) is 4.37 Å². The molecule has 0 aliphatic carbocycles. The number of aromatic nitrogens is 2. The zero-order valence-electron chi connectivity index (χ0n) is 15.7. The number of nitrogens with zero attached hydrogens (tertiary/aromatic N) is 3. The van der Waals surface area contributed by atoms with Crippen molar-refractivity contribution in [2.75, 3.05) is 43.6 Å². The van der Waals surface area contributed by atoms with E-state index in [1.165, 1.54) is 0 Å². The average molecular weight is 392 g/mol. The van der Waals surface area contributed by atoms with Crippen LogP contribution in [0.1, 0.15) is 18.9 Å². The van der Waals surface area contributed by atoms with Crippen LogP contribution in [0.2, 0.25) is 0 Å². The summed E-state index contributed by atoms with van der Waals surface area (Å²) < 4.78 is 25.2. The van der Waals surface area contributed by atoms with Crippen LogP contribution in [0.15, 0.2) is 18.2 Å². The molecule has 2 aromatic rings. The third-order valence-electron chi connectivity index (χ3n) is 4.28. The van der Waals surface area contributed by atoms with E-state index in [1.807, 2.05) is 32.0 Å². The maximum absolute atomic E-state index is 12.8. The summed E-state index contributed by atoms with van der Waals surface area (Å²) >= 11 is 1.08. The Balaban J connectivity index is 1.71. The van der Waals surface area contributed by atoms with Crippen LogP contribution in [-0.4, -0.2) is 54.2 Å². The Morgan fingerprint density at radius 3 is 2.85 bits per heavy atom. The van der Waals surface area contributed by atoms with Gasteiger partial charge in [0.2, 0.25) is 5.82 Å². The Bertz CT molecular complexity index is 776.